The highest BCUT2D eigenvalue weighted by molar-refractivity contribution is 7.89. The zero-order chi connectivity index (χ0) is 11.6. The Kier molecular flexibility index (Phi) is 3.28. The van der Waals surface area contributed by atoms with Crippen molar-refractivity contribution in [2.45, 2.75) is 12.5 Å². The van der Waals surface area contributed by atoms with E-state index < -0.39 is 16.1 Å². The number of nitrogens with zero attached hydrogens (tertiary/aromatic N) is 1. The molecule has 0 amide bonds. The number of hydrogen-bond acceptors (Lipinski definition) is 3. The summed E-state index contributed by atoms with van der Waals surface area (Å²) < 4.78 is 24.9. The fourth-order valence-corrected chi connectivity index (χ4v) is 3.76. The molecule has 5 heteroatoms. The maximum atomic E-state index is 11.8. The van der Waals surface area contributed by atoms with Crippen LogP contribution in [0, 0.1) is 0 Å². The fourth-order valence-electron chi connectivity index (χ4n) is 2.05. The van der Waals surface area contributed by atoms with Crippen molar-refractivity contribution >= 4 is 10.0 Å². The van der Waals surface area contributed by atoms with Gasteiger partial charge in [-0.2, -0.15) is 4.31 Å². The summed E-state index contributed by atoms with van der Waals surface area (Å²) in [6, 6.07) is 8.81. The highest BCUT2D eigenvalue weighted by Crippen LogP contribution is 2.27. The third kappa shape index (κ3) is 2.11. The monoisotopic (exact) mass is 241 g/mol. The molecule has 0 radical (unpaired) electrons. The Morgan fingerprint density at radius 3 is 2.50 bits per heavy atom. The Bertz CT molecular complexity index is 444. The smallest absolute Gasteiger partial charge is 0.214 e. The van der Waals surface area contributed by atoms with Crippen LogP contribution in [0.1, 0.15) is 18.0 Å². The second-order valence-electron chi connectivity index (χ2n) is 3.89. The van der Waals surface area contributed by atoms with Crippen molar-refractivity contribution in [3.05, 3.63) is 35.9 Å². The first-order valence-electron chi connectivity index (χ1n) is 5.30. The van der Waals surface area contributed by atoms with Gasteiger partial charge in [0.1, 0.15) is 0 Å². The predicted molar refractivity (Wildman–Crippen MR) is 61.4 cm³/mol. The predicted octanol–water partition coefficient (Wildman–Crippen LogP) is 0.756. The Labute approximate surface area is 95.6 Å². The molecule has 1 N–H and O–H groups in total. The molecular formula is C11H15NO3S. The van der Waals surface area contributed by atoms with E-state index in [1.807, 2.05) is 30.3 Å². The molecule has 1 aromatic carbocycles. The third-order valence-corrected chi connectivity index (χ3v) is 4.80. The molecule has 16 heavy (non-hydrogen) atoms. The van der Waals surface area contributed by atoms with Crippen LogP contribution >= 0.6 is 0 Å². The molecule has 2 rings (SSSR count). The molecule has 0 unspecified atom stereocenters. The fraction of sp³-hybridized carbons (Fsp3) is 0.455. The van der Waals surface area contributed by atoms with Gasteiger partial charge in [-0.15, -0.1) is 0 Å². The lowest BCUT2D eigenvalue weighted by atomic mass is 10.1. The maximum Gasteiger partial charge on any atom is 0.214 e. The number of benzene rings is 1. The number of hydrogen-bond donors (Lipinski definition) is 1. The third-order valence-electron chi connectivity index (χ3n) is 2.84. The van der Waals surface area contributed by atoms with Crippen molar-refractivity contribution < 1.29 is 13.5 Å². The summed E-state index contributed by atoms with van der Waals surface area (Å²) in [7, 11) is -3.17. The summed E-state index contributed by atoms with van der Waals surface area (Å²) in [5.74, 6) is 0.191. The first-order valence-corrected chi connectivity index (χ1v) is 6.91. The van der Waals surface area contributed by atoms with Gasteiger partial charge in [0, 0.05) is 6.54 Å². The number of rotatable bonds is 3. The van der Waals surface area contributed by atoms with Crippen molar-refractivity contribution in [2.24, 2.45) is 0 Å². The van der Waals surface area contributed by atoms with Crippen LogP contribution in [0.2, 0.25) is 0 Å². The van der Waals surface area contributed by atoms with Gasteiger partial charge < -0.3 is 5.11 Å². The molecule has 0 bridgehead atoms. The lowest BCUT2D eigenvalue weighted by Gasteiger charge is -2.24. The van der Waals surface area contributed by atoms with Gasteiger partial charge in [-0.05, 0) is 12.0 Å². The SMILES string of the molecule is O=S1(=O)CCCN1[C@@H](CO)c1ccccc1. The minimum atomic E-state index is -3.17. The van der Waals surface area contributed by atoms with Crippen LogP contribution in [0.5, 0.6) is 0 Å². The molecule has 1 aliphatic rings. The van der Waals surface area contributed by atoms with Gasteiger partial charge in [0.15, 0.2) is 0 Å². The normalized spacial score (nSPS) is 22.1. The zero-order valence-corrected chi connectivity index (χ0v) is 9.73. The molecule has 0 aliphatic carbocycles. The number of sulfonamides is 1. The van der Waals surface area contributed by atoms with E-state index in [1.54, 1.807) is 0 Å². The highest BCUT2D eigenvalue weighted by atomic mass is 32.2. The molecule has 88 valence electrons. The summed E-state index contributed by atoms with van der Waals surface area (Å²) in [5.41, 5.74) is 0.843. The molecule has 1 heterocycles. The van der Waals surface area contributed by atoms with Gasteiger partial charge >= 0.3 is 0 Å². The van der Waals surface area contributed by atoms with Crippen LogP contribution in [0.4, 0.5) is 0 Å². The lowest BCUT2D eigenvalue weighted by Crippen LogP contribution is -2.32. The van der Waals surface area contributed by atoms with Gasteiger partial charge in [-0.3, -0.25) is 0 Å². The van der Waals surface area contributed by atoms with Crippen LogP contribution in [0.15, 0.2) is 30.3 Å². The molecular weight excluding hydrogens is 226 g/mol. The standard InChI is InChI=1S/C11H15NO3S/c13-9-11(10-5-2-1-3-6-10)12-7-4-8-16(12,14)15/h1-3,5-6,11,13H,4,7-9H2/t11-/m0/s1. The second-order valence-corrected chi connectivity index (χ2v) is 5.93. The van der Waals surface area contributed by atoms with E-state index in [9.17, 15) is 13.5 Å². The van der Waals surface area contributed by atoms with E-state index >= 15 is 0 Å². The van der Waals surface area contributed by atoms with Crippen molar-refractivity contribution in [1.82, 2.24) is 4.31 Å². The van der Waals surface area contributed by atoms with Gasteiger partial charge in [0.2, 0.25) is 10.0 Å². The largest absolute Gasteiger partial charge is 0.394 e. The summed E-state index contributed by atoms with van der Waals surface area (Å²) in [6.07, 6.45) is 0.645. The maximum absolute atomic E-state index is 11.8. The van der Waals surface area contributed by atoms with Crippen LogP contribution in [0.3, 0.4) is 0 Å². The molecule has 1 aromatic rings. The van der Waals surface area contributed by atoms with Crippen LogP contribution < -0.4 is 0 Å². The average molecular weight is 241 g/mol. The van der Waals surface area contributed by atoms with Crippen LogP contribution in [-0.2, 0) is 10.0 Å². The van der Waals surface area contributed by atoms with Crippen molar-refractivity contribution in [1.29, 1.82) is 0 Å². The molecule has 0 aromatic heterocycles. The summed E-state index contributed by atoms with van der Waals surface area (Å²) >= 11 is 0. The average Bonchev–Trinajstić information content (AvgIpc) is 2.62. The van der Waals surface area contributed by atoms with Crippen molar-refractivity contribution in [3.8, 4) is 0 Å². The first-order chi connectivity index (χ1) is 7.65. The Balaban J connectivity index is 2.31. The summed E-state index contributed by atoms with van der Waals surface area (Å²) in [4.78, 5) is 0. The van der Waals surface area contributed by atoms with Crippen molar-refractivity contribution in [2.75, 3.05) is 18.9 Å². The molecule has 1 atom stereocenters. The molecule has 1 fully saturated rings. The molecule has 1 saturated heterocycles. The summed E-state index contributed by atoms with van der Waals surface area (Å²) in [5, 5.41) is 9.37. The highest BCUT2D eigenvalue weighted by Gasteiger charge is 2.34. The quantitative estimate of drug-likeness (QED) is 0.849. The van der Waals surface area contributed by atoms with Crippen LogP contribution in [-0.4, -0.2) is 36.7 Å². The summed E-state index contributed by atoms with van der Waals surface area (Å²) in [6.45, 7) is 0.325. The minimum absolute atomic E-state index is 0.177. The number of aliphatic hydroxyl groups is 1. The Morgan fingerprint density at radius 2 is 2.00 bits per heavy atom. The van der Waals surface area contributed by atoms with Gasteiger partial charge in [0.05, 0.1) is 18.4 Å². The molecule has 0 spiro atoms. The van der Waals surface area contributed by atoms with E-state index in [0.29, 0.717) is 13.0 Å². The Morgan fingerprint density at radius 1 is 1.31 bits per heavy atom. The van der Waals surface area contributed by atoms with Gasteiger partial charge in [-0.1, -0.05) is 30.3 Å². The van der Waals surface area contributed by atoms with E-state index in [0.717, 1.165) is 5.56 Å². The molecule has 0 saturated carbocycles. The van der Waals surface area contributed by atoms with E-state index in [2.05, 4.69) is 0 Å². The van der Waals surface area contributed by atoms with E-state index in [1.165, 1.54) is 4.31 Å². The Hall–Kier alpha value is -0.910. The van der Waals surface area contributed by atoms with Crippen LogP contribution in [0.25, 0.3) is 0 Å². The van der Waals surface area contributed by atoms with E-state index in [-0.39, 0.29) is 12.4 Å². The lowest BCUT2D eigenvalue weighted by molar-refractivity contribution is 0.195. The van der Waals surface area contributed by atoms with E-state index in [4.69, 9.17) is 0 Å². The molecule has 1 aliphatic heterocycles. The van der Waals surface area contributed by atoms with Crippen molar-refractivity contribution in [3.63, 3.8) is 0 Å². The number of aliphatic hydroxyl groups excluding tert-OH is 1. The van der Waals surface area contributed by atoms with Gasteiger partial charge in [0.25, 0.3) is 0 Å². The first kappa shape index (κ1) is 11.6. The van der Waals surface area contributed by atoms with Gasteiger partial charge in [-0.25, -0.2) is 8.42 Å². The second kappa shape index (κ2) is 4.53. The zero-order valence-electron chi connectivity index (χ0n) is 8.91. The topological polar surface area (TPSA) is 57.6 Å². The molecule has 4 nitrogen and oxygen atoms in total. The minimum Gasteiger partial charge on any atom is -0.394 e.